The minimum absolute atomic E-state index is 0.217. The van der Waals surface area contributed by atoms with Crippen LogP contribution in [-0.4, -0.2) is 34.2 Å². The quantitative estimate of drug-likeness (QED) is 0.626. The van der Waals surface area contributed by atoms with E-state index in [0.717, 1.165) is 18.4 Å². The summed E-state index contributed by atoms with van der Waals surface area (Å²) >= 11 is 5.93. The molecule has 29 heavy (non-hydrogen) atoms. The zero-order chi connectivity index (χ0) is 20.2. The molecule has 0 bridgehead atoms. The number of carbonyl (C=O) groups excluding carboxylic acids is 1. The van der Waals surface area contributed by atoms with Crippen molar-refractivity contribution in [3.63, 3.8) is 0 Å². The van der Waals surface area contributed by atoms with Gasteiger partial charge in [0, 0.05) is 17.1 Å². The Balaban J connectivity index is 1.51. The number of para-hydroxylation sites is 2. The number of amides is 2. The predicted octanol–water partition coefficient (Wildman–Crippen LogP) is 5.16. The number of anilines is 1. The molecule has 0 radical (unpaired) electrons. The van der Waals surface area contributed by atoms with Crippen LogP contribution >= 0.6 is 11.6 Å². The molecule has 0 spiro atoms. The Labute approximate surface area is 173 Å². The molecule has 1 fully saturated rings. The molecule has 1 N–H and O–H groups in total. The lowest BCUT2D eigenvalue weighted by Gasteiger charge is -2.23. The van der Waals surface area contributed by atoms with E-state index in [2.05, 4.69) is 15.5 Å². The third-order valence-electron chi connectivity index (χ3n) is 4.77. The van der Waals surface area contributed by atoms with Crippen molar-refractivity contribution < 1.29 is 14.1 Å². The monoisotopic (exact) mass is 412 g/mol. The van der Waals surface area contributed by atoms with Gasteiger partial charge < -0.3 is 19.5 Å². The molecule has 2 heterocycles. The van der Waals surface area contributed by atoms with Crippen molar-refractivity contribution >= 4 is 23.3 Å². The lowest BCUT2D eigenvalue weighted by molar-refractivity contribution is 0.193. The van der Waals surface area contributed by atoms with Gasteiger partial charge in [0.05, 0.1) is 12.3 Å². The van der Waals surface area contributed by atoms with Gasteiger partial charge in [0.15, 0.2) is 0 Å². The Morgan fingerprint density at radius 2 is 2.07 bits per heavy atom. The summed E-state index contributed by atoms with van der Waals surface area (Å²) in [5, 5.41) is 7.65. The molecule has 0 aliphatic carbocycles. The number of benzene rings is 2. The fraction of sp³-hybridized carbons (Fsp3) is 0.286. The Morgan fingerprint density at radius 3 is 2.86 bits per heavy atom. The number of halogens is 1. The number of urea groups is 1. The summed E-state index contributed by atoms with van der Waals surface area (Å²) in [4.78, 5) is 19.2. The topological polar surface area (TPSA) is 80.5 Å². The van der Waals surface area contributed by atoms with Gasteiger partial charge in [-0.3, -0.25) is 0 Å². The molecule has 1 aliphatic rings. The Morgan fingerprint density at radius 1 is 1.28 bits per heavy atom. The van der Waals surface area contributed by atoms with Gasteiger partial charge in [-0.25, -0.2) is 4.79 Å². The van der Waals surface area contributed by atoms with Gasteiger partial charge in [0.2, 0.25) is 11.7 Å². The summed E-state index contributed by atoms with van der Waals surface area (Å²) in [6.07, 6.45) is 1.63. The number of nitrogens with one attached hydrogen (secondary N) is 1. The molecule has 1 aliphatic heterocycles. The van der Waals surface area contributed by atoms with Crippen LogP contribution in [0.4, 0.5) is 10.5 Å². The number of hydrogen-bond acceptors (Lipinski definition) is 5. The number of aromatic nitrogens is 2. The molecule has 2 aromatic carbocycles. The third kappa shape index (κ3) is 4.19. The van der Waals surface area contributed by atoms with Crippen LogP contribution in [0.2, 0.25) is 5.02 Å². The normalized spacial score (nSPS) is 16.1. The minimum Gasteiger partial charge on any atom is -0.492 e. The molecule has 0 saturated carbocycles. The first kappa shape index (κ1) is 19.3. The number of carbonyl (C=O) groups is 1. The molecule has 2 amide bonds. The van der Waals surface area contributed by atoms with E-state index >= 15 is 0 Å². The molecule has 1 aromatic heterocycles. The fourth-order valence-electron chi connectivity index (χ4n) is 3.39. The van der Waals surface area contributed by atoms with Crippen LogP contribution < -0.4 is 10.1 Å². The van der Waals surface area contributed by atoms with Crippen molar-refractivity contribution in [3.8, 4) is 17.1 Å². The summed E-state index contributed by atoms with van der Waals surface area (Å²) in [7, 11) is 0. The molecular formula is C21H21ClN4O3. The van der Waals surface area contributed by atoms with E-state index in [9.17, 15) is 4.79 Å². The molecule has 1 atom stereocenters. The first-order chi connectivity index (χ1) is 14.2. The number of ether oxygens (including phenoxy) is 1. The average Bonchev–Trinajstić information content (AvgIpc) is 3.39. The van der Waals surface area contributed by atoms with Crippen LogP contribution in [0, 0.1) is 0 Å². The number of likely N-dealkylation sites (tertiary alicyclic amines) is 1. The second-order valence-corrected chi connectivity index (χ2v) is 7.11. The highest BCUT2D eigenvalue weighted by Gasteiger charge is 2.34. The standard InChI is InChI=1S/C21H21ClN4O3/c1-2-28-18-8-4-3-6-16(18)23-21(27)26-13-5-7-17(26)20-24-19(25-29-20)14-9-11-15(22)12-10-14/h3-4,6,8-12,17H,2,5,7,13H2,1H3,(H,23,27). The molecule has 1 unspecified atom stereocenters. The summed E-state index contributed by atoms with van der Waals surface area (Å²) in [6, 6.07) is 14.1. The highest BCUT2D eigenvalue weighted by molar-refractivity contribution is 6.30. The van der Waals surface area contributed by atoms with Gasteiger partial charge >= 0.3 is 6.03 Å². The smallest absolute Gasteiger partial charge is 0.322 e. The maximum absolute atomic E-state index is 12.9. The van der Waals surface area contributed by atoms with Gasteiger partial charge in [0.25, 0.3) is 0 Å². The van der Waals surface area contributed by atoms with Gasteiger partial charge in [-0.15, -0.1) is 0 Å². The van der Waals surface area contributed by atoms with Crippen molar-refractivity contribution in [2.75, 3.05) is 18.5 Å². The van der Waals surface area contributed by atoms with E-state index in [4.69, 9.17) is 20.9 Å². The number of hydrogen-bond donors (Lipinski definition) is 1. The van der Waals surface area contributed by atoms with E-state index in [1.54, 1.807) is 17.0 Å². The molecule has 8 heteroatoms. The summed E-state index contributed by atoms with van der Waals surface area (Å²) in [5.74, 6) is 1.55. The Hall–Kier alpha value is -3.06. The van der Waals surface area contributed by atoms with Crippen LogP contribution in [0.3, 0.4) is 0 Å². The van der Waals surface area contributed by atoms with Crippen molar-refractivity contribution in [2.24, 2.45) is 0 Å². The fourth-order valence-corrected chi connectivity index (χ4v) is 3.52. The third-order valence-corrected chi connectivity index (χ3v) is 5.02. The summed E-state index contributed by atoms with van der Waals surface area (Å²) < 4.78 is 11.1. The van der Waals surface area contributed by atoms with Crippen LogP contribution in [0.25, 0.3) is 11.4 Å². The largest absolute Gasteiger partial charge is 0.492 e. The maximum atomic E-state index is 12.9. The first-order valence-corrected chi connectivity index (χ1v) is 9.92. The van der Waals surface area contributed by atoms with E-state index in [1.807, 2.05) is 43.3 Å². The lowest BCUT2D eigenvalue weighted by atomic mass is 10.2. The molecular weight excluding hydrogens is 392 g/mol. The second-order valence-electron chi connectivity index (χ2n) is 6.67. The van der Waals surface area contributed by atoms with Gasteiger partial charge in [-0.1, -0.05) is 28.9 Å². The highest BCUT2D eigenvalue weighted by Crippen LogP contribution is 2.33. The van der Waals surface area contributed by atoms with Crippen LogP contribution in [0.15, 0.2) is 53.1 Å². The van der Waals surface area contributed by atoms with Crippen molar-refractivity contribution in [1.29, 1.82) is 0 Å². The number of rotatable bonds is 5. The van der Waals surface area contributed by atoms with Gasteiger partial charge in [0.1, 0.15) is 11.8 Å². The Bertz CT molecular complexity index is 990. The predicted molar refractivity (Wildman–Crippen MR) is 110 cm³/mol. The van der Waals surface area contributed by atoms with E-state index in [0.29, 0.717) is 41.3 Å². The molecule has 1 saturated heterocycles. The molecule has 4 rings (SSSR count). The highest BCUT2D eigenvalue weighted by atomic mass is 35.5. The summed E-state index contributed by atoms with van der Waals surface area (Å²) in [6.45, 7) is 3.05. The number of nitrogens with zero attached hydrogens (tertiary/aromatic N) is 3. The SMILES string of the molecule is CCOc1ccccc1NC(=O)N1CCCC1c1nc(-c2ccc(Cl)cc2)no1. The average molecular weight is 413 g/mol. The molecule has 150 valence electrons. The van der Waals surface area contributed by atoms with Crippen LogP contribution in [-0.2, 0) is 0 Å². The van der Waals surface area contributed by atoms with Gasteiger partial charge in [-0.2, -0.15) is 4.98 Å². The Kier molecular flexibility index (Phi) is 5.67. The van der Waals surface area contributed by atoms with Crippen LogP contribution in [0.1, 0.15) is 31.7 Å². The maximum Gasteiger partial charge on any atom is 0.322 e. The van der Waals surface area contributed by atoms with Crippen molar-refractivity contribution in [2.45, 2.75) is 25.8 Å². The van der Waals surface area contributed by atoms with E-state index in [1.165, 1.54) is 0 Å². The van der Waals surface area contributed by atoms with Crippen molar-refractivity contribution in [1.82, 2.24) is 15.0 Å². The van der Waals surface area contributed by atoms with Crippen molar-refractivity contribution in [3.05, 3.63) is 59.4 Å². The molecule has 7 nitrogen and oxygen atoms in total. The zero-order valence-electron chi connectivity index (χ0n) is 16.0. The molecule has 3 aromatic rings. The second kappa shape index (κ2) is 8.53. The lowest BCUT2D eigenvalue weighted by Crippen LogP contribution is -2.34. The van der Waals surface area contributed by atoms with E-state index in [-0.39, 0.29) is 12.1 Å². The van der Waals surface area contributed by atoms with E-state index < -0.39 is 0 Å². The van der Waals surface area contributed by atoms with Gasteiger partial charge in [-0.05, 0) is 56.2 Å². The van der Waals surface area contributed by atoms with Crippen LogP contribution in [0.5, 0.6) is 5.75 Å². The minimum atomic E-state index is -0.261. The first-order valence-electron chi connectivity index (χ1n) is 9.54. The zero-order valence-corrected chi connectivity index (χ0v) is 16.7. The summed E-state index contributed by atoms with van der Waals surface area (Å²) in [5.41, 5.74) is 1.45.